The van der Waals surface area contributed by atoms with Gasteiger partial charge >= 0.3 is 0 Å². The number of benzene rings is 4. The molecule has 0 fully saturated rings. The molecule has 0 heterocycles. The normalized spacial score (nSPS) is 11.1. The summed E-state index contributed by atoms with van der Waals surface area (Å²) in [6.07, 6.45) is 1.93. The molecule has 4 rings (SSSR count). The van der Waals surface area contributed by atoms with Gasteiger partial charge in [-0.2, -0.15) is 5.26 Å². The van der Waals surface area contributed by atoms with Crippen LogP contribution in [0.2, 0.25) is 0 Å². The maximum atomic E-state index is 9.66. The molecule has 32 heavy (non-hydrogen) atoms. The van der Waals surface area contributed by atoms with Crippen LogP contribution in [0.4, 0.5) is 17.1 Å². The largest absolute Gasteiger partial charge is 0.311 e. The molecule has 2 nitrogen and oxygen atoms in total. The lowest BCUT2D eigenvalue weighted by Crippen LogP contribution is -2.09. The van der Waals surface area contributed by atoms with Gasteiger partial charge in [-0.05, 0) is 79.6 Å². The average molecular weight is 479 g/mol. The number of allylic oxidation sites excluding steroid dienone is 1. The van der Waals surface area contributed by atoms with Gasteiger partial charge in [0, 0.05) is 21.5 Å². The lowest BCUT2D eigenvalue weighted by molar-refractivity contribution is 1.27. The van der Waals surface area contributed by atoms with E-state index in [2.05, 4.69) is 114 Å². The van der Waals surface area contributed by atoms with E-state index >= 15 is 0 Å². The Morgan fingerprint density at radius 3 is 1.56 bits per heavy atom. The van der Waals surface area contributed by atoms with Crippen molar-refractivity contribution in [1.82, 2.24) is 0 Å². The van der Waals surface area contributed by atoms with Crippen molar-refractivity contribution in [3.05, 3.63) is 124 Å². The maximum absolute atomic E-state index is 9.66. The summed E-state index contributed by atoms with van der Waals surface area (Å²) in [6, 6.07) is 35.5. The van der Waals surface area contributed by atoms with Gasteiger partial charge in [-0.1, -0.05) is 75.6 Å². The van der Waals surface area contributed by atoms with Gasteiger partial charge in [-0.25, -0.2) is 0 Å². The third-order valence-electron chi connectivity index (χ3n) is 5.32. The third-order valence-corrected chi connectivity index (χ3v) is 5.85. The smallest absolute Gasteiger partial charge is 0.0998 e. The van der Waals surface area contributed by atoms with Gasteiger partial charge in [0.25, 0.3) is 0 Å². The fourth-order valence-electron chi connectivity index (χ4n) is 3.53. The van der Waals surface area contributed by atoms with E-state index in [1.54, 1.807) is 0 Å². The Morgan fingerprint density at radius 2 is 1.12 bits per heavy atom. The lowest BCUT2D eigenvalue weighted by atomic mass is 10.0. The third kappa shape index (κ3) is 4.99. The number of anilines is 3. The molecule has 0 saturated heterocycles. The molecule has 3 heteroatoms. The molecular formula is C29H23BrN2. The summed E-state index contributed by atoms with van der Waals surface area (Å²) in [5.41, 5.74) is 8.27. The standard InChI is InChI=1S/C29H23BrN2/c1-21-3-13-27(14-4-21)32(28-15-5-22(2)6-16-28)29-17-7-23(8-18-29)19-25(20-31)24-9-11-26(30)12-10-24/h3-19H,1-2H3/b25-19+. The Morgan fingerprint density at radius 1 is 0.688 bits per heavy atom. The second-order valence-corrected chi connectivity index (χ2v) is 8.69. The lowest BCUT2D eigenvalue weighted by Gasteiger charge is -2.26. The molecule has 156 valence electrons. The van der Waals surface area contributed by atoms with Gasteiger partial charge in [0.15, 0.2) is 0 Å². The fourth-order valence-corrected chi connectivity index (χ4v) is 3.80. The summed E-state index contributed by atoms with van der Waals surface area (Å²) in [7, 11) is 0. The van der Waals surface area contributed by atoms with E-state index in [0.717, 1.165) is 32.7 Å². The van der Waals surface area contributed by atoms with Crippen LogP contribution in [0.5, 0.6) is 0 Å². The quantitative estimate of drug-likeness (QED) is 0.212. The zero-order chi connectivity index (χ0) is 22.5. The Bertz CT molecular complexity index is 1220. The summed E-state index contributed by atoms with van der Waals surface area (Å²) < 4.78 is 0.996. The SMILES string of the molecule is Cc1ccc(N(c2ccc(C)cc2)c2ccc(/C=C(\C#N)c3ccc(Br)cc3)cc2)cc1. The topological polar surface area (TPSA) is 27.0 Å². The van der Waals surface area contributed by atoms with E-state index in [9.17, 15) is 5.26 Å². The highest BCUT2D eigenvalue weighted by atomic mass is 79.9. The molecule has 4 aromatic carbocycles. The molecule has 0 aromatic heterocycles. The van der Waals surface area contributed by atoms with Crippen LogP contribution in [-0.2, 0) is 0 Å². The highest BCUT2D eigenvalue weighted by molar-refractivity contribution is 9.10. The van der Waals surface area contributed by atoms with Crippen molar-refractivity contribution in [1.29, 1.82) is 5.26 Å². The summed E-state index contributed by atoms with van der Waals surface area (Å²) in [6.45, 7) is 4.19. The average Bonchev–Trinajstić information content (AvgIpc) is 2.82. The number of halogens is 1. The molecule has 4 aromatic rings. The Balaban J connectivity index is 1.70. The van der Waals surface area contributed by atoms with Gasteiger partial charge in [-0.3, -0.25) is 0 Å². The van der Waals surface area contributed by atoms with E-state index in [0.29, 0.717) is 5.57 Å². The maximum Gasteiger partial charge on any atom is 0.0998 e. The molecular weight excluding hydrogens is 456 g/mol. The number of aryl methyl sites for hydroxylation is 2. The zero-order valence-electron chi connectivity index (χ0n) is 18.1. The van der Waals surface area contributed by atoms with Crippen molar-refractivity contribution in [3.63, 3.8) is 0 Å². The fraction of sp³-hybridized carbons (Fsp3) is 0.0690. The van der Waals surface area contributed by atoms with Crippen LogP contribution in [0.25, 0.3) is 11.6 Å². The summed E-state index contributed by atoms with van der Waals surface area (Å²) in [4.78, 5) is 2.24. The number of nitriles is 1. The highest BCUT2D eigenvalue weighted by Gasteiger charge is 2.12. The van der Waals surface area contributed by atoms with Gasteiger partial charge in [0.05, 0.1) is 11.6 Å². The first-order chi connectivity index (χ1) is 15.5. The summed E-state index contributed by atoms with van der Waals surface area (Å²) in [5.74, 6) is 0. The second kappa shape index (κ2) is 9.68. The molecule has 0 atom stereocenters. The van der Waals surface area contributed by atoms with Crippen LogP contribution >= 0.6 is 15.9 Å². The van der Waals surface area contributed by atoms with Crippen LogP contribution in [0.1, 0.15) is 22.3 Å². The minimum absolute atomic E-state index is 0.638. The van der Waals surface area contributed by atoms with Gasteiger partial charge in [0.2, 0.25) is 0 Å². The minimum atomic E-state index is 0.638. The molecule has 0 unspecified atom stereocenters. The first-order valence-electron chi connectivity index (χ1n) is 10.4. The molecule has 0 saturated carbocycles. The Hall–Kier alpha value is -3.61. The Kier molecular flexibility index (Phi) is 6.54. The first kappa shape index (κ1) is 21.6. The van der Waals surface area contributed by atoms with Crippen LogP contribution in [0.15, 0.2) is 102 Å². The monoisotopic (exact) mass is 478 g/mol. The number of nitrogens with zero attached hydrogens (tertiary/aromatic N) is 2. The molecule has 0 aliphatic rings. The predicted octanol–water partition coefficient (Wildman–Crippen LogP) is 8.60. The highest BCUT2D eigenvalue weighted by Crippen LogP contribution is 2.35. The van der Waals surface area contributed by atoms with Gasteiger partial charge < -0.3 is 4.90 Å². The molecule has 0 aliphatic heterocycles. The van der Waals surface area contributed by atoms with Crippen molar-refractivity contribution >= 4 is 44.6 Å². The van der Waals surface area contributed by atoms with E-state index < -0.39 is 0 Å². The Labute approximate surface area is 198 Å². The molecule has 0 amide bonds. The zero-order valence-corrected chi connectivity index (χ0v) is 19.7. The van der Waals surface area contributed by atoms with Crippen LogP contribution in [0.3, 0.4) is 0 Å². The number of rotatable bonds is 5. The summed E-state index contributed by atoms with van der Waals surface area (Å²) >= 11 is 3.44. The van der Waals surface area contributed by atoms with Crippen molar-refractivity contribution in [3.8, 4) is 6.07 Å². The van der Waals surface area contributed by atoms with Crippen molar-refractivity contribution in [2.75, 3.05) is 4.90 Å². The number of hydrogen-bond acceptors (Lipinski definition) is 2. The van der Waals surface area contributed by atoms with E-state index in [-0.39, 0.29) is 0 Å². The van der Waals surface area contributed by atoms with Crippen molar-refractivity contribution < 1.29 is 0 Å². The van der Waals surface area contributed by atoms with Crippen LogP contribution in [-0.4, -0.2) is 0 Å². The molecule has 0 radical (unpaired) electrons. The van der Waals surface area contributed by atoms with Gasteiger partial charge in [-0.15, -0.1) is 0 Å². The van der Waals surface area contributed by atoms with E-state index in [1.165, 1.54) is 11.1 Å². The van der Waals surface area contributed by atoms with Crippen LogP contribution < -0.4 is 4.90 Å². The number of hydrogen-bond donors (Lipinski definition) is 0. The van der Waals surface area contributed by atoms with E-state index in [4.69, 9.17) is 0 Å². The van der Waals surface area contributed by atoms with Crippen molar-refractivity contribution in [2.24, 2.45) is 0 Å². The van der Waals surface area contributed by atoms with E-state index in [1.807, 2.05) is 30.3 Å². The molecule has 0 aliphatic carbocycles. The molecule has 0 N–H and O–H groups in total. The molecule has 0 spiro atoms. The first-order valence-corrected chi connectivity index (χ1v) is 11.2. The molecule has 0 bridgehead atoms. The van der Waals surface area contributed by atoms with Gasteiger partial charge in [0.1, 0.15) is 0 Å². The minimum Gasteiger partial charge on any atom is -0.311 e. The summed E-state index contributed by atoms with van der Waals surface area (Å²) in [5, 5.41) is 9.66. The van der Waals surface area contributed by atoms with Crippen LogP contribution in [0, 0.1) is 25.2 Å². The second-order valence-electron chi connectivity index (χ2n) is 7.77. The van der Waals surface area contributed by atoms with Crippen molar-refractivity contribution in [2.45, 2.75) is 13.8 Å². The predicted molar refractivity (Wildman–Crippen MR) is 138 cm³/mol.